The van der Waals surface area contributed by atoms with E-state index < -0.39 is 5.97 Å². The number of esters is 1. The molecule has 1 aliphatic carbocycles. The Morgan fingerprint density at radius 3 is 2.91 bits per heavy atom. The van der Waals surface area contributed by atoms with Crippen molar-refractivity contribution in [2.75, 3.05) is 7.11 Å². The Labute approximate surface area is 131 Å². The molecular weight excluding hydrogens is 299 g/mol. The number of para-hydroxylation sites is 1. The van der Waals surface area contributed by atoms with E-state index in [0.29, 0.717) is 34.5 Å². The third kappa shape index (κ3) is 2.13. The topological polar surface area (TPSA) is 57.3 Å². The lowest BCUT2D eigenvalue weighted by Crippen LogP contribution is -2.00. The molecule has 1 aromatic carbocycles. The summed E-state index contributed by atoms with van der Waals surface area (Å²) < 4.78 is 26.5. The van der Waals surface area contributed by atoms with Crippen molar-refractivity contribution in [2.24, 2.45) is 0 Å². The zero-order chi connectivity index (χ0) is 16.1. The van der Waals surface area contributed by atoms with Crippen LogP contribution in [-0.2, 0) is 4.74 Å². The van der Waals surface area contributed by atoms with E-state index >= 15 is 0 Å². The highest BCUT2D eigenvalue weighted by atomic mass is 19.1. The SMILES string of the molecule is COC(=O)c1cc(-c2nc3c(F)cccc3n2C2CC2)oc1C. The van der Waals surface area contributed by atoms with Gasteiger partial charge in [0.05, 0.1) is 12.6 Å². The molecule has 1 saturated carbocycles. The zero-order valence-electron chi connectivity index (χ0n) is 12.8. The predicted octanol–water partition coefficient (Wildman–Crippen LogP) is 3.87. The summed E-state index contributed by atoms with van der Waals surface area (Å²) in [5, 5.41) is 0. The van der Waals surface area contributed by atoms with Crippen LogP contribution in [-0.4, -0.2) is 22.6 Å². The number of ether oxygens (including phenoxy) is 1. The first-order valence-corrected chi connectivity index (χ1v) is 7.45. The van der Waals surface area contributed by atoms with Crippen molar-refractivity contribution in [3.63, 3.8) is 0 Å². The lowest BCUT2D eigenvalue weighted by atomic mass is 10.2. The second kappa shape index (κ2) is 4.94. The minimum Gasteiger partial charge on any atom is -0.465 e. The Hall–Kier alpha value is -2.63. The summed E-state index contributed by atoms with van der Waals surface area (Å²) in [4.78, 5) is 16.2. The maximum absolute atomic E-state index is 14.1. The van der Waals surface area contributed by atoms with E-state index in [-0.39, 0.29) is 5.82 Å². The predicted molar refractivity (Wildman–Crippen MR) is 81.7 cm³/mol. The monoisotopic (exact) mass is 314 g/mol. The second-order valence-electron chi connectivity index (χ2n) is 5.72. The molecule has 1 aliphatic rings. The highest BCUT2D eigenvalue weighted by molar-refractivity contribution is 5.92. The molecule has 23 heavy (non-hydrogen) atoms. The van der Waals surface area contributed by atoms with E-state index in [2.05, 4.69) is 4.98 Å². The van der Waals surface area contributed by atoms with E-state index in [1.165, 1.54) is 13.2 Å². The average molecular weight is 314 g/mol. The number of furan rings is 1. The number of halogens is 1. The van der Waals surface area contributed by atoms with Gasteiger partial charge in [0.15, 0.2) is 17.4 Å². The van der Waals surface area contributed by atoms with E-state index in [4.69, 9.17) is 9.15 Å². The van der Waals surface area contributed by atoms with Gasteiger partial charge < -0.3 is 13.7 Å². The molecule has 0 atom stereocenters. The highest BCUT2D eigenvalue weighted by Crippen LogP contribution is 2.42. The Bertz CT molecular complexity index is 921. The van der Waals surface area contributed by atoms with E-state index in [0.717, 1.165) is 18.4 Å². The Kier molecular flexibility index (Phi) is 3.01. The molecule has 0 N–H and O–H groups in total. The van der Waals surface area contributed by atoms with Crippen LogP contribution in [0.3, 0.4) is 0 Å². The van der Waals surface area contributed by atoms with Crippen molar-refractivity contribution in [3.05, 3.63) is 41.4 Å². The standard InChI is InChI=1S/C17H15FN2O3/c1-9-11(17(21)22-2)8-14(23-9)16-19-15-12(18)4-3-5-13(15)20(16)10-6-7-10/h3-5,8,10H,6-7H2,1-2H3. The van der Waals surface area contributed by atoms with Gasteiger partial charge in [0.2, 0.25) is 0 Å². The van der Waals surface area contributed by atoms with Crippen molar-refractivity contribution in [2.45, 2.75) is 25.8 Å². The molecule has 2 aromatic heterocycles. The number of hydrogen-bond donors (Lipinski definition) is 0. The molecule has 3 aromatic rings. The number of aromatic nitrogens is 2. The third-order valence-corrected chi connectivity index (χ3v) is 4.13. The first-order valence-electron chi connectivity index (χ1n) is 7.45. The minimum atomic E-state index is -0.460. The van der Waals surface area contributed by atoms with Crippen LogP contribution >= 0.6 is 0 Å². The van der Waals surface area contributed by atoms with Crippen LogP contribution in [0.4, 0.5) is 4.39 Å². The number of benzene rings is 1. The van der Waals surface area contributed by atoms with Crippen LogP contribution in [0.15, 0.2) is 28.7 Å². The van der Waals surface area contributed by atoms with Crippen LogP contribution in [0.1, 0.15) is 35.0 Å². The number of fused-ring (bicyclic) bond motifs is 1. The largest absolute Gasteiger partial charge is 0.465 e. The number of rotatable bonds is 3. The van der Waals surface area contributed by atoms with Gasteiger partial charge >= 0.3 is 5.97 Å². The van der Waals surface area contributed by atoms with Gasteiger partial charge in [0.1, 0.15) is 16.8 Å². The van der Waals surface area contributed by atoms with E-state index in [1.54, 1.807) is 19.1 Å². The highest BCUT2D eigenvalue weighted by Gasteiger charge is 2.31. The van der Waals surface area contributed by atoms with Gasteiger partial charge in [-0.25, -0.2) is 14.2 Å². The maximum Gasteiger partial charge on any atom is 0.341 e. The fourth-order valence-corrected chi connectivity index (χ4v) is 2.86. The summed E-state index contributed by atoms with van der Waals surface area (Å²) in [6.07, 6.45) is 2.05. The van der Waals surface area contributed by atoms with Gasteiger partial charge in [0, 0.05) is 12.1 Å². The lowest BCUT2D eigenvalue weighted by Gasteiger charge is -2.05. The summed E-state index contributed by atoms with van der Waals surface area (Å²) >= 11 is 0. The maximum atomic E-state index is 14.1. The van der Waals surface area contributed by atoms with Crippen LogP contribution in [0.2, 0.25) is 0 Å². The smallest absolute Gasteiger partial charge is 0.341 e. The van der Waals surface area contributed by atoms with Crippen molar-refractivity contribution >= 4 is 17.0 Å². The number of hydrogen-bond acceptors (Lipinski definition) is 4. The molecule has 0 spiro atoms. The van der Waals surface area contributed by atoms with Crippen LogP contribution in [0, 0.1) is 12.7 Å². The number of aryl methyl sites for hydroxylation is 1. The molecule has 0 radical (unpaired) electrons. The van der Waals surface area contributed by atoms with Crippen LogP contribution in [0.5, 0.6) is 0 Å². The summed E-state index contributed by atoms with van der Waals surface area (Å²) in [7, 11) is 1.32. The number of nitrogens with zero attached hydrogens (tertiary/aromatic N) is 2. The molecular formula is C17H15FN2O3. The molecule has 0 aliphatic heterocycles. The summed E-state index contributed by atoms with van der Waals surface area (Å²) in [6, 6.07) is 6.83. The summed E-state index contributed by atoms with van der Waals surface area (Å²) in [5.74, 6) is 0.635. The number of carbonyl (C=O) groups excluding carboxylic acids is 1. The van der Waals surface area contributed by atoms with Crippen molar-refractivity contribution in [3.8, 4) is 11.6 Å². The molecule has 1 fully saturated rings. The van der Waals surface area contributed by atoms with Crippen molar-refractivity contribution in [1.29, 1.82) is 0 Å². The lowest BCUT2D eigenvalue weighted by molar-refractivity contribution is 0.0599. The number of methoxy groups -OCH3 is 1. The molecule has 5 nitrogen and oxygen atoms in total. The van der Waals surface area contributed by atoms with Gasteiger partial charge in [-0.1, -0.05) is 6.07 Å². The molecule has 6 heteroatoms. The first-order chi connectivity index (χ1) is 11.1. The van der Waals surface area contributed by atoms with Gasteiger partial charge in [-0.3, -0.25) is 0 Å². The molecule has 0 bridgehead atoms. The Balaban J connectivity index is 1.94. The zero-order valence-corrected chi connectivity index (χ0v) is 12.8. The van der Waals surface area contributed by atoms with Crippen molar-refractivity contribution < 1.29 is 18.3 Å². The fourth-order valence-electron chi connectivity index (χ4n) is 2.86. The first kappa shape index (κ1) is 14.0. The molecule has 0 amide bonds. The van der Waals surface area contributed by atoms with Gasteiger partial charge in [-0.2, -0.15) is 0 Å². The molecule has 0 saturated heterocycles. The van der Waals surface area contributed by atoms with Crippen LogP contribution < -0.4 is 0 Å². The Morgan fingerprint density at radius 1 is 1.43 bits per heavy atom. The second-order valence-corrected chi connectivity index (χ2v) is 5.72. The van der Waals surface area contributed by atoms with E-state index in [9.17, 15) is 9.18 Å². The number of carbonyl (C=O) groups is 1. The third-order valence-electron chi connectivity index (χ3n) is 4.13. The molecule has 4 rings (SSSR count). The molecule has 0 unspecified atom stereocenters. The van der Waals surface area contributed by atoms with E-state index in [1.807, 2.05) is 10.6 Å². The van der Waals surface area contributed by atoms with Gasteiger partial charge in [-0.15, -0.1) is 0 Å². The summed E-state index contributed by atoms with van der Waals surface area (Å²) in [5.41, 5.74) is 1.43. The Morgan fingerprint density at radius 2 is 2.22 bits per heavy atom. The number of imidazole rings is 1. The normalized spacial score (nSPS) is 14.4. The molecule has 2 heterocycles. The minimum absolute atomic E-state index is 0.295. The van der Waals surface area contributed by atoms with Gasteiger partial charge in [-0.05, 0) is 31.9 Å². The summed E-state index contributed by atoms with van der Waals surface area (Å²) in [6.45, 7) is 1.69. The van der Waals surface area contributed by atoms with Crippen LogP contribution in [0.25, 0.3) is 22.6 Å². The quantitative estimate of drug-likeness (QED) is 0.689. The van der Waals surface area contributed by atoms with Gasteiger partial charge in [0.25, 0.3) is 0 Å². The fraction of sp³-hybridized carbons (Fsp3) is 0.294. The van der Waals surface area contributed by atoms with Crippen molar-refractivity contribution in [1.82, 2.24) is 9.55 Å². The average Bonchev–Trinajstić information content (AvgIpc) is 3.19. The molecule has 118 valence electrons.